The van der Waals surface area contributed by atoms with Crippen molar-refractivity contribution in [3.8, 4) is 0 Å². The molecular formula is C18H18N2O2. The van der Waals surface area contributed by atoms with Crippen molar-refractivity contribution >= 4 is 11.4 Å². The van der Waals surface area contributed by atoms with Gasteiger partial charge in [-0.2, -0.15) is 0 Å². The van der Waals surface area contributed by atoms with Crippen LogP contribution in [0.4, 0.5) is 0 Å². The minimum atomic E-state index is -0.633. The van der Waals surface area contributed by atoms with Gasteiger partial charge in [-0.05, 0) is 31.0 Å². The number of hydrogen-bond donors (Lipinski definition) is 1. The normalized spacial score (nSPS) is 17.6. The van der Waals surface area contributed by atoms with E-state index in [1.54, 1.807) is 25.5 Å². The molecule has 1 N–H and O–H groups in total. The molecule has 1 unspecified atom stereocenters. The number of nitrogens with one attached hydrogen (secondary N) is 1. The molecule has 0 fully saturated rings. The average molecular weight is 294 g/mol. The molecular weight excluding hydrogens is 276 g/mol. The van der Waals surface area contributed by atoms with Gasteiger partial charge in [-0.1, -0.05) is 29.8 Å². The van der Waals surface area contributed by atoms with Crippen LogP contribution in [0.25, 0.3) is 5.57 Å². The first kappa shape index (κ1) is 14.3. The number of aryl methyl sites for hydroxylation is 2. The first-order chi connectivity index (χ1) is 10.6. The third-order valence-corrected chi connectivity index (χ3v) is 3.82. The van der Waals surface area contributed by atoms with Crippen LogP contribution in [0.3, 0.4) is 0 Å². The molecule has 0 saturated carbocycles. The number of hydrogen-bond acceptors (Lipinski definition) is 4. The Morgan fingerprint density at radius 2 is 2.05 bits per heavy atom. The van der Waals surface area contributed by atoms with E-state index in [0.717, 1.165) is 22.3 Å². The fourth-order valence-electron chi connectivity index (χ4n) is 2.67. The van der Waals surface area contributed by atoms with E-state index in [0.29, 0.717) is 11.5 Å². The van der Waals surface area contributed by atoms with E-state index in [1.807, 2.05) is 38.1 Å². The Bertz CT molecular complexity index is 751. The van der Waals surface area contributed by atoms with Crippen LogP contribution in [0.15, 0.2) is 48.6 Å². The number of carbonyl (C=O) groups is 1. The van der Waals surface area contributed by atoms with Crippen molar-refractivity contribution in [1.82, 2.24) is 10.3 Å². The number of benzene rings is 1. The molecule has 0 aliphatic carbocycles. The summed E-state index contributed by atoms with van der Waals surface area (Å²) in [6, 6.07) is 9.75. The lowest BCUT2D eigenvalue weighted by atomic mass is 9.93. The van der Waals surface area contributed by atoms with E-state index < -0.39 is 6.10 Å². The van der Waals surface area contributed by atoms with E-state index in [1.165, 1.54) is 0 Å². The van der Waals surface area contributed by atoms with Crippen LogP contribution < -0.4 is 5.32 Å². The Hall–Kier alpha value is -2.62. The molecule has 4 nitrogen and oxygen atoms in total. The number of carbonyl (C=O) groups excluding carboxylic acids is 1. The van der Waals surface area contributed by atoms with Crippen molar-refractivity contribution in [3.63, 3.8) is 0 Å². The number of Topliss-reactive ketones (excluding diaryl/α,β-unsaturated/α-hetero) is 1. The second kappa shape index (κ2) is 5.64. The Labute approximate surface area is 129 Å². The first-order valence-electron chi connectivity index (χ1n) is 7.22. The largest absolute Gasteiger partial charge is 0.462 e. The van der Waals surface area contributed by atoms with Gasteiger partial charge in [-0.25, -0.2) is 0 Å². The Morgan fingerprint density at radius 1 is 1.23 bits per heavy atom. The molecule has 2 aromatic rings. The lowest BCUT2D eigenvalue weighted by Crippen LogP contribution is -2.10. The van der Waals surface area contributed by atoms with Gasteiger partial charge in [0.25, 0.3) is 0 Å². The van der Waals surface area contributed by atoms with Gasteiger partial charge in [-0.3, -0.25) is 9.78 Å². The van der Waals surface area contributed by atoms with Crippen LogP contribution >= 0.6 is 0 Å². The summed E-state index contributed by atoms with van der Waals surface area (Å²) in [4.78, 5) is 17.0. The van der Waals surface area contributed by atoms with Crippen molar-refractivity contribution in [3.05, 3.63) is 70.9 Å². The summed E-state index contributed by atoms with van der Waals surface area (Å²) in [5, 5.41) is 3.01. The lowest BCUT2D eigenvalue weighted by molar-refractivity contribution is -0.120. The molecule has 0 bridgehead atoms. The molecule has 1 aliphatic heterocycles. The first-order valence-corrected chi connectivity index (χ1v) is 7.22. The van der Waals surface area contributed by atoms with Crippen molar-refractivity contribution in [2.75, 3.05) is 7.05 Å². The number of rotatable bonds is 3. The smallest absolute Gasteiger partial charge is 0.214 e. The van der Waals surface area contributed by atoms with E-state index in [2.05, 4.69) is 10.3 Å². The summed E-state index contributed by atoms with van der Waals surface area (Å²) in [7, 11) is 1.76. The standard InChI is InChI=1S/C18H18N2O2/c1-11-6-7-12(2)14(9-11)15-16(21)17(22-18(15)19-3)13-5-4-8-20-10-13/h4-10,17,19H,1-3H3. The summed E-state index contributed by atoms with van der Waals surface area (Å²) in [6.07, 6.45) is 2.72. The lowest BCUT2D eigenvalue weighted by Gasteiger charge is -2.10. The number of aromatic nitrogens is 1. The van der Waals surface area contributed by atoms with Crippen LogP contribution in [-0.4, -0.2) is 17.8 Å². The van der Waals surface area contributed by atoms with Gasteiger partial charge in [0, 0.05) is 25.0 Å². The maximum atomic E-state index is 12.9. The molecule has 3 rings (SSSR count). The Morgan fingerprint density at radius 3 is 2.73 bits per heavy atom. The topological polar surface area (TPSA) is 51.2 Å². The van der Waals surface area contributed by atoms with Crippen molar-refractivity contribution in [2.45, 2.75) is 20.0 Å². The van der Waals surface area contributed by atoms with Crippen LogP contribution in [0.1, 0.15) is 28.4 Å². The quantitative estimate of drug-likeness (QED) is 0.945. The third-order valence-electron chi connectivity index (χ3n) is 3.82. The highest BCUT2D eigenvalue weighted by Crippen LogP contribution is 2.37. The van der Waals surface area contributed by atoms with Crippen LogP contribution in [0.5, 0.6) is 0 Å². The van der Waals surface area contributed by atoms with Crippen LogP contribution in [0.2, 0.25) is 0 Å². The summed E-state index contributed by atoms with van der Waals surface area (Å²) in [6.45, 7) is 4.02. The van der Waals surface area contributed by atoms with Gasteiger partial charge >= 0.3 is 0 Å². The number of ketones is 1. The molecule has 0 amide bonds. The Kier molecular flexibility index (Phi) is 3.67. The minimum Gasteiger partial charge on any atom is -0.462 e. The zero-order valence-electron chi connectivity index (χ0n) is 12.9. The summed E-state index contributed by atoms with van der Waals surface area (Å²) < 4.78 is 5.85. The molecule has 1 aromatic carbocycles. The van der Waals surface area contributed by atoms with E-state index in [4.69, 9.17) is 4.74 Å². The van der Waals surface area contributed by atoms with E-state index >= 15 is 0 Å². The third kappa shape index (κ3) is 2.37. The molecule has 0 saturated heterocycles. The molecule has 1 aromatic heterocycles. The highest BCUT2D eigenvalue weighted by Gasteiger charge is 2.37. The summed E-state index contributed by atoms with van der Waals surface area (Å²) in [5.41, 5.74) is 4.46. The average Bonchev–Trinajstić information content (AvgIpc) is 2.87. The fraction of sp³-hybridized carbons (Fsp3) is 0.222. The predicted molar refractivity (Wildman–Crippen MR) is 85.0 cm³/mol. The maximum absolute atomic E-state index is 12.9. The summed E-state index contributed by atoms with van der Waals surface area (Å²) >= 11 is 0. The second-order valence-corrected chi connectivity index (χ2v) is 5.42. The molecule has 0 spiro atoms. The van der Waals surface area contributed by atoms with Crippen LogP contribution in [0, 0.1) is 13.8 Å². The van der Waals surface area contributed by atoms with Gasteiger partial charge in [0.2, 0.25) is 5.78 Å². The van der Waals surface area contributed by atoms with Gasteiger partial charge in [-0.15, -0.1) is 0 Å². The maximum Gasteiger partial charge on any atom is 0.214 e. The van der Waals surface area contributed by atoms with Gasteiger partial charge < -0.3 is 10.1 Å². The van der Waals surface area contributed by atoms with Crippen molar-refractivity contribution < 1.29 is 9.53 Å². The molecule has 2 heterocycles. The highest BCUT2D eigenvalue weighted by atomic mass is 16.5. The fourth-order valence-corrected chi connectivity index (χ4v) is 2.67. The highest BCUT2D eigenvalue weighted by molar-refractivity contribution is 6.25. The molecule has 22 heavy (non-hydrogen) atoms. The van der Waals surface area contributed by atoms with Gasteiger partial charge in [0.1, 0.15) is 0 Å². The molecule has 112 valence electrons. The van der Waals surface area contributed by atoms with E-state index in [-0.39, 0.29) is 5.78 Å². The number of ether oxygens (including phenoxy) is 1. The predicted octanol–water partition coefficient (Wildman–Crippen LogP) is 2.93. The monoisotopic (exact) mass is 294 g/mol. The van der Waals surface area contributed by atoms with Crippen molar-refractivity contribution in [1.29, 1.82) is 0 Å². The minimum absolute atomic E-state index is 0.0361. The molecule has 4 heteroatoms. The SMILES string of the molecule is CNC1=C(c2cc(C)ccc2C)C(=O)C(c2cccnc2)O1. The zero-order chi connectivity index (χ0) is 15.7. The zero-order valence-corrected chi connectivity index (χ0v) is 12.9. The van der Waals surface area contributed by atoms with Crippen molar-refractivity contribution in [2.24, 2.45) is 0 Å². The Balaban J connectivity index is 2.06. The molecule has 1 atom stereocenters. The van der Waals surface area contributed by atoms with E-state index in [9.17, 15) is 4.79 Å². The summed E-state index contributed by atoms with van der Waals surface area (Å²) in [5.74, 6) is 0.485. The second-order valence-electron chi connectivity index (χ2n) is 5.42. The van der Waals surface area contributed by atoms with Gasteiger partial charge in [0.05, 0.1) is 5.57 Å². The van der Waals surface area contributed by atoms with Gasteiger partial charge in [0.15, 0.2) is 12.0 Å². The van der Waals surface area contributed by atoms with Crippen LogP contribution in [-0.2, 0) is 9.53 Å². The number of pyridine rings is 1. The molecule has 0 radical (unpaired) electrons. The molecule has 1 aliphatic rings. The number of nitrogens with zero attached hydrogens (tertiary/aromatic N) is 1.